The Morgan fingerprint density at radius 2 is 2.00 bits per heavy atom. The monoisotopic (exact) mass is 221 g/mol. The number of phenols is 1. The first-order valence-electron chi connectivity index (χ1n) is 5.09. The molecule has 0 fully saturated rings. The normalized spacial score (nSPS) is 27.8. The molecule has 3 heteroatoms. The average Bonchev–Trinajstić information content (AvgIpc) is 2.69. The molecular weight excluding hydrogens is 206 g/mol. The molecule has 0 aliphatic carbocycles. The molecule has 1 aromatic rings. The van der Waals surface area contributed by atoms with Crippen LogP contribution in [0.2, 0.25) is 0 Å². The van der Waals surface area contributed by atoms with Crippen LogP contribution in [-0.2, 0) is 0 Å². The van der Waals surface area contributed by atoms with E-state index in [1.807, 2.05) is 24.4 Å². The number of aromatic hydroxyl groups is 1. The van der Waals surface area contributed by atoms with E-state index in [4.69, 9.17) is 0 Å². The van der Waals surface area contributed by atoms with Crippen LogP contribution >= 0.6 is 10.2 Å². The van der Waals surface area contributed by atoms with Gasteiger partial charge in [-0.2, -0.15) is 0 Å². The van der Waals surface area contributed by atoms with Gasteiger partial charge in [0.15, 0.2) is 0 Å². The van der Waals surface area contributed by atoms with Gasteiger partial charge in [0, 0.05) is 16.9 Å². The van der Waals surface area contributed by atoms with Crippen molar-refractivity contribution in [3.63, 3.8) is 0 Å². The molecule has 1 aromatic carbocycles. The van der Waals surface area contributed by atoms with Gasteiger partial charge in [-0.25, -0.2) is 4.40 Å². The van der Waals surface area contributed by atoms with E-state index in [0.717, 1.165) is 12.2 Å². The van der Waals surface area contributed by atoms with Gasteiger partial charge in [-0.1, -0.05) is 17.1 Å². The molecular formula is C12H15NOS. The van der Waals surface area contributed by atoms with Crippen molar-refractivity contribution in [2.24, 2.45) is 4.40 Å². The smallest absolute Gasteiger partial charge is 0.115 e. The first kappa shape index (κ1) is 10.3. The van der Waals surface area contributed by atoms with E-state index in [2.05, 4.69) is 16.7 Å². The minimum atomic E-state index is -1.13. The lowest BCUT2D eigenvalue weighted by Crippen LogP contribution is -1.97. The maximum absolute atomic E-state index is 9.27. The number of phenolic OH excluding ortho intramolecular Hbond substituents is 1. The van der Waals surface area contributed by atoms with E-state index in [-0.39, 0.29) is 0 Å². The summed E-state index contributed by atoms with van der Waals surface area (Å²) in [7, 11) is -1.13. The Morgan fingerprint density at radius 3 is 2.53 bits per heavy atom. The number of benzene rings is 1. The van der Waals surface area contributed by atoms with E-state index >= 15 is 0 Å². The Labute approximate surface area is 91.8 Å². The lowest BCUT2D eigenvalue weighted by molar-refractivity contribution is 0.475. The van der Waals surface area contributed by atoms with Crippen molar-refractivity contribution in [1.29, 1.82) is 0 Å². The number of allylic oxidation sites excluding steroid dienone is 1. The van der Waals surface area contributed by atoms with Gasteiger partial charge in [-0.15, -0.1) is 0 Å². The first-order valence-corrected chi connectivity index (χ1v) is 6.91. The zero-order valence-electron chi connectivity index (χ0n) is 8.76. The van der Waals surface area contributed by atoms with Crippen LogP contribution in [-0.4, -0.2) is 17.1 Å². The second-order valence-corrected chi connectivity index (χ2v) is 6.41. The van der Waals surface area contributed by atoms with E-state index < -0.39 is 10.2 Å². The van der Waals surface area contributed by atoms with E-state index in [0.29, 0.717) is 5.75 Å². The summed E-state index contributed by atoms with van der Waals surface area (Å²) in [6.07, 6.45) is 5.04. The molecule has 15 heavy (non-hydrogen) atoms. The fourth-order valence-electron chi connectivity index (χ4n) is 1.71. The fourth-order valence-corrected chi connectivity index (χ4v) is 4.39. The van der Waals surface area contributed by atoms with Gasteiger partial charge in [0.25, 0.3) is 0 Å². The van der Waals surface area contributed by atoms with Gasteiger partial charge in [0.05, 0.1) is 0 Å². The molecule has 2 rings (SSSR count). The van der Waals surface area contributed by atoms with Crippen molar-refractivity contribution in [3.8, 4) is 5.75 Å². The lowest BCUT2D eigenvalue weighted by atomic mass is 10.3. The van der Waals surface area contributed by atoms with Gasteiger partial charge < -0.3 is 5.11 Å². The number of rotatable bonds is 3. The standard InChI is InChI=1S/C12H15NOS/c1-2-9-15(10-3-8-13-15)12-6-4-11(14)5-7-12/h3-8,10,14H,2,9H2,1H3. The maximum atomic E-state index is 9.27. The SMILES string of the molecule is CCCS1(c2ccc(O)cc2)C=CC=N1. The van der Waals surface area contributed by atoms with Gasteiger partial charge in [0.1, 0.15) is 5.75 Å². The zero-order valence-corrected chi connectivity index (χ0v) is 9.57. The van der Waals surface area contributed by atoms with E-state index in [1.165, 1.54) is 4.90 Å². The fraction of sp³-hybridized carbons (Fsp3) is 0.250. The predicted molar refractivity (Wildman–Crippen MR) is 66.8 cm³/mol. The first-order chi connectivity index (χ1) is 7.27. The molecule has 0 saturated carbocycles. The molecule has 1 heterocycles. The molecule has 1 aliphatic rings. The molecule has 0 amide bonds. The highest BCUT2D eigenvalue weighted by molar-refractivity contribution is 8.35. The highest BCUT2D eigenvalue weighted by atomic mass is 32.3. The number of nitrogens with zero attached hydrogens (tertiary/aromatic N) is 1. The van der Waals surface area contributed by atoms with Crippen LogP contribution < -0.4 is 0 Å². The highest BCUT2D eigenvalue weighted by Gasteiger charge is 2.23. The topological polar surface area (TPSA) is 32.6 Å². The summed E-state index contributed by atoms with van der Waals surface area (Å²) in [5.74, 6) is 1.40. The Hall–Kier alpha value is -1.22. The largest absolute Gasteiger partial charge is 0.508 e. The molecule has 80 valence electrons. The summed E-state index contributed by atoms with van der Waals surface area (Å²) >= 11 is 0. The van der Waals surface area contributed by atoms with Crippen molar-refractivity contribution in [2.45, 2.75) is 18.2 Å². The number of hydrogen-bond donors (Lipinski definition) is 1. The summed E-state index contributed by atoms with van der Waals surface area (Å²) in [4.78, 5) is 1.23. The molecule has 1 atom stereocenters. The third-order valence-corrected chi connectivity index (χ3v) is 5.62. The van der Waals surface area contributed by atoms with Crippen LogP contribution in [0.5, 0.6) is 5.75 Å². The van der Waals surface area contributed by atoms with Gasteiger partial charge in [0.2, 0.25) is 0 Å². The summed E-state index contributed by atoms with van der Waals surface area (Å²) in [6, 6.07) is 7.43. The molecule has 0 aromatic heterocycles. The summed E-state index contributed by atoms with van der Waals surface area (Å²) in [5.41, 5.74) is 0. The van der Waals surface area contributed by atoms with Crippen molar-refractivity contribution in [1.82, 2.24) is 0 Å². The number of hydrogen-bond acceptors (Lipinski definition) is 2. The Balaban J connectivity index is 2.37. The third kappa shape index (κ3) is 1.92. The predicted octanol–water partition coefficient (Wildman–Crippen LogP) is 3.48. The Morgan fingerprint density at radius 1 is 1.27 bits per heavy atom. The summed E-state index contributed by atoms with van der Waals surface area (Å²) in [6.45, 7) is 2.18. The lowest BCUT2D eigenvalue weighted by Gasteiger charge is -2.30. The minimum absolute atomic E-state index is 0.316. The quantitative estimate of drug-likeness (QED) is 0.832. The van der Waals surface area contributed by atoms with Crippen molar-refractivity contribution in [3.05, 3.63) is 35.7 Å². The second kappa shape index (κ2) is 4.11. The molecule has 0 radical (unpaired) electrons. The zero-order chi connectivity index (χ0) is 10.7. The molecule has 2 nitrogen and oxygen atoms in total. The molecule has 1 unspecified atom stereocenters. The van der Waals surface area contributed by atoms with Crippen LogP contribution in [0.15, 0.2) is 45.0 Å². The van der Waals surface area contributed by atoms with Crippen molar-refractivity contribution < 1.29 is 5.11 Å². The molecule has 1 N–H and O–H groups in total. The molecule has 0 spiro atoms. The van der Waals surface area contributed by atoms with Gasteiger partial charge in [-0.3, -0.25) is 0 Å². The van der Waals surface area contributed by atoms with E-state index in [9.17, 15) is 5.11 Å². The van der Waals surface area contributed by atoms with Gasteiger partial charge in [-0.05, 0) is 42.2 Å². The van der Waals surface area contributed by atoms with Crippen LogP contribution in [0.25, 0.3) is 0 Å². The molecule has 0 bridgehead atoms. The summed E-state index contributed by atoms with van der Waals surface area (Å²) < 4.78 is 4.62. The average molecular weight is 221 g/mol. The Kier molecular flexibility index (Phi) is 2.82. The van der Waals surface area contributed by atoms with Crippen LogP contribution in [0, 0.1) is 0 Å². The van der Waals surface area contributed by atoms with Crippen molar-refractivity contribution >= 4 is 16.4 Å². The Bertz CT molecular complexity index is 383. The molecule has 0 saturated heterocycles. The second-order valence-electron chi connectivity index (χ2n) is 3.54. The van der Waals surface area contributed by atoms with Crippen molar-refractivity contribution in [2.75, 3.05) is 5.75 Å². The van der Waals surface area contributed by atoms with Crippen LogP contribution in [0.4, 0.5) is 0 Å². The van der Waals surface area contributed by atoms with Crippen LogP contribution in [0.1, 0.15) is 13.3 Å². The molecule has 1 aliphatic heterocycles. The summed E-state index contributed by atoms with van der Waals surface area (Å²) in [5, 5.41) is 11.5. The maximum Gasteiger partial charge on any atom is 0.115 e. The minimum Gasteiger partial charge on any atom is -0.508 e. The van der Waals surface area contributed by atoms with Gasteiger partial charge >= 0.3 is 0 Å². The van der Waals surface area contributed by atoms with Crippen LogP contribution in [0.3, 0.4) is 0 Å². The third-order valence-electron chi connectivity index (χ3n) is 2.40. The van der Waals surface area contributed by atoms with E-state index in [1.54, 1.807) is 12.1 Å². The highest BCUT2D eigenvalue weighted by Crippen LogP contribution is 2.60.